The number of hydrogen-bond acceptors (Lipinski definition) is 4. The number of halogens is 1. The molecule has 0 spiro atoms. The topological polar surface area (TPSA) is 75.2 Å². The van der Waals surface area contributed by atoms with Crippen LogP contribution in [-0.4, -0.2) is 33.4 Å². The van der Waals surface area contributed by atoms with E-state index in [2.05, 4.69) is 15.3 Å². The summed E-state index contributed by atoms with van der Waals surface area (Å²) in [4.78, 5) is 31.2. The second-order valence-electron chi connectivity index (χ2n) is 2.97. The Morgan fingerprint density at radius 3 is 2.73 bits per heavy atom. The summed E-state index contributed by atoms with van der Waals surface area (Å²) in [6.45, 7) is 0.161. The van der Waals surface area contributed by atoms with Gasteiger partial charge < -0.3 is 5.32 Å². The van der Waals surface area contributed by atoms with Crippen molar-refractivity contribution in [3.8, 4) is 0 Å². The molecule has 0 bridgehead atoms. The van der Waals surface area contributed by atoms with Crippen LogP contribution in [-0.2, 0) is 11.3 Å². The van der Waals surface area contributed by atoms with Gasteiger partial charge in [0.2, 0.25) is 5.91 Å². The number of rotatable bonds is 2. The number of urea groups is 1. The van der Waals surface area contributed by atoms with Crippen LogP contribution >= 0.6 is 11.6 Å². The van der Waals surface area contributed by atoms with E-state index in [1.54, 1.807) is 0 Å². The van der Waals surface area contributed by atoms with Crippen molar-refractivity contribution < 1.29 is 9.59 Å². The predicted molar refractivity (Wildman–Crippen MR) is 51.0 cm³/mol. The summed E-state index contributed by atoms with van der Waals surface area (Å²) in [6, 6.07) is -0.406. The molecule has 0 aliphatic carbocycles. The first-order valence-corrected chi connectivity index (χ1v) is 4.59. The van der Waals surface area contributed by atoms with Gasteiger partial charge in [-0.25, -0.2) is 9.78 Å². The average molecular weight is 227 g/mol. The summed E-state index contributed by atoms with van der Waals surface area (Å²) in [5, 5.41) is 2.69. The van der Waals surface area contributed by atoms with E-state index in [-0.39, 0.29) is 24.1 Å². The third kappa shape index (κ3) is 2.04. The maximum Gasteiger partial charge on any atom is 0.324 e. The van der Waals surface area contributed by atoms with Crippen LogP contribution in [0.15, 0.2) is 12.4 Å². The summed E-state index contributed by atoms with van der Waals surface area (Å²) >= 11 is 5.55. The first-order valence-electron chi connectivity index (χ1n) is 4.21. The lowest BCUT2D eigenvalue weighted by Gasteiger charge is -2.10. The molecule has 2 rings (SSSR count). The largest absolute Gasteiger partial charge is 0.329 e. The molecule has 6 nitrogen and oxygen atoms in total. The summed E-state index contributed by atoms with van der Waals surface area (Å²) in [6.07, 6.45) is 2.80. The number of carbonyl (C=O) groups is 2. The summed E-state index contributed by atoms with van der Waals surface area (Å²) in [7, 11) is 0. The predicted octanol–water partition coefficient (Wildman–Crippen LogP) is 0.182. The summed E-state index contributed by atoms with van der Waals surface area (Å²) in [5.41, 5.74) is 0.518. The number of imide groups is 1. The summed E-state index contributed by atoms with van der Waals surface area (Å²) in [5.74, 6) is -0.267. The van der Waals surface area contributed by atoms with Gasteiger partial charge in [-0.3, -0.25) is 14.7 Å². The Kier molecular flexibility index (Phi) is 2.51. The van der Waals surface area contributed by atoms with E-state index in [1.165, 1.54) is 12.4 Å². The van der Waals surface area contributed by atoms with Gasteiger partial charge in [0.05, 0.1) is 31.2 Å². The van der Waals surface area contributed by atoms with E-state index in [9.17, 15) is 9.59 Å². The maximum absolute atomic E-state index is 11.2. The van der Waals surface area contributed by atoms with Gasteiger partial charge in [0.1, 0.15) is 5.15 Å². The van der Waals surface area contributed by atoms with Gasteiger partial charge in [-0.05, 0) is 0 Å². The van der Waals surface area contributed by atoms with Crippen LogP contribution in [0.2, 0.25) is 5.15 Å². The molecule has 0 atom stereocenters. The Labute approximate surface area is 90.3 Å². The van der Waals surface area contributed by atoms with Crippen molar-refractivity contribution >= 4 is 23.5 Å². The highest BCUT2D eigenvalue weighted by Crippen LogP contribution is 2.07. The molecule has 1 aliphatic rings. The molecule has 0 unspecified atom stereocenters. The van der Waals surface area contributed by atoms with Crippen LogP contribution in [0.5, 0.6) is 0 Å². The SMILES string of the molecule is O=C1CNC(=O)N1Cc1cnc(Cl)cn1. The number of amides is 3. The fourth-order valence-electron chi connectivity index (χ4n) is 1.20. The van der Waals surface area contributed by atoms with Gasteiger partial charge in [-0.1, -0.05) is 11.6 Å². The molecule has 15 heavy (non-hydrogen) atoms. The quantitative estimate of drug-likeness (QED) is 0.730. The minimum absolute atomic E-state index is 0.0415. The van der Waals surface area contributed by atoms with Gasteiger partial charge in [0.15, 0.2) is 0 Å². The van der Waals surface area contributed by atoms with Crippen LogP contribution < -0.4 is 5.32 Å². The number of aromatic nitrogens is 2. The first-order chi connectivity index (χ1) is 7.16. The third-order valence-electron chi connectivity index (χ3n) is 1.93. The van der Waals surface area contributed by atoms with E-state index < -0.39 is 6.03 Å². The number of nitrogens with zero attached hydrogens (tertiary/aromatic N) is 3. The van der Waals surface area contributed by atoms with Gasteiger partial charge in [0.25, 0.3) is 0 Å². The molecule has 1 aromatic rings. The van der Waals surface area contributed by atoms with Crippen molar-refractivity contribution in [1.29, 1.82) is 0 Å². The molecule has 2 heterocycles. The summed E-state index contributed by atoms with van der Waals surface area (Å²) < 4.78 is 0. The molecule has 78 valence electrons. The second kappa shape index (κ2) is 3.82. The van der Waals surface area contributed by atoms with Crippen LogP contribution in [0.1, 0.15) is 5.69 Å². The molecule has 1 saturated heterocycles. The lowest BCUT2D eigenvalue weighted by molar-refractivity contribution is -0.125. The Morgan fingerprint density at radius 1 is 1.40 bits per heavy atom. The van der Waals surface area contributed by atoms with E-state index in [4.69, 9.17) is 11.6 Å². The number of hydrogen-bond donors (Lipinski definition) is 1. The van der Waals surface area contributed by atoms with Crippen molar-refractivity contribution in [3.63, 3.8) is 0 Å². The average Bonchev–Trinajstić information content (AvgIpc) is 2.53. The lowest BCUT2D eigenvalue weighted by atomic mass is 10.4. The highest BCUT2D eigenvalue weighted by atomic mass is 35.5. The molecule has 1 fully saturated rings. The maximum atomic E-state index is 11.2. The molecule has 3 amide bonds. The molecule has 7 heteroatoms. The first kappa shape index (κ1) is 9.85. The molecule has 1 aromatic heterocycles. The van der Waals surface area contributed by atoms with Crippen LogP contribution in [0.3, 0.4) is 0 Å². The van der Waals surface area contributed by atoms with Crippen molar-refractivity contribution in [1.82, 2.24) is 20.2 Å². The van der Waals surface area contributed by atoms with Gasteiger partial charge in [-0.2, -0.15) is 0 Å². The lowest BCUT2D eigenvalue weighted by Crippen LogP contribution is -2.30. The van der Waals surface area contributed by atoms with E-state index >= 15 is 0 Å². The zero-order chi connectivity index (χ0) is 10.8. The van der Waals surface area contributed by atoms with Crippen LogP contribution in [0.25, 0.3) is 0 Å². The molecular weight excluding hydrogens is 220 g/mol. The molecule has 1 aliphatic heterocycles. The zero-order valence-corrected chi connectivity index (χ0v) is 8.36. The van der Waals surface area contributed by atoms with Crippen molar-refractivity contribution in [2.45, 2.75) is 6.54 Å². The van der Waals surface area contributed by atoms with Crippen LogP contribution in [0, 0.1) is 0 Å². The second-order valence-corrected chi connectivity index (χ2v) is 3.36. The minimum atomic E-state index is -0.406. The number of nitrogens with one attached hydrogen (secondary N) is 1. The van der Waals surface area contributed by atoms with E-state index in [1.807, 2.05) is 0 Å². The molecular formula is C8H7ClN4O2. The van der Waals surface area contributed by atoms with Gasteiger partial charge in [-0.15, -0.1) is 0 Å². The van der Waals surface area contributed by atoms with E-state index in [0.29, 0.717) is 5.69 Å². The highest BCUT2D eigenvalue weighted by Gasteiger charge is 2.28. The molecule has 0 saturated carbocycles. The Hall–Kier alpha value is -1.69. The monoisotopic (exact) mass is 226 g/mol. The molecule has 0 aromatic carbocycles. The normalized spacial score (nSPS) is 15.7. The van der Waals surface area contributed by atoms with Crippen LogP contribution in [0.4, 0.5) is 4.79 Å². The zero-order valence-electron chi connectivity index (χ0n) is 7.61. The minimum Gasteiger partial charge on any atom is -0.329 e. The smallest absolute Gasteiger partial charge is 0.324 e. The fourth-order valence-corrected chi connectivity index (χ4v) is 1.30. The van der Waals surface area contributed by atoms with Gasteiger partial charge >= 0.3 is 6.03 Å². The Morgan fingerprint density at radius 2 is 2.20 bits per heavy atom. The molecule has 1 N–H and O–H groups in total. The van der Waals surface area contributed by atoms with Crippen molar-refractivity contribution in [3.05, 3.63) is 23.2 Å². The highest BCUT2D eigenvalue weighted by molar-refractivity contribution is 6.29. The third-order valence-corrected chi connectivity index (χ3v) is 2.13. The standard InChI is InChI=1S/C8H7ClN4O2/c9-6-2-10-5(1-11-6)4-13-7(14)3-12-8(13)15/h1-2H,3-4H2,(H,12,15). The van der Waals surface area contributed by atoms with Crippen molar-refractivity contribution in [2.24, 2.45) is 0 Å². The van der Waals surface area contributed by atoms with Crippen molar-refractivity contribution in [2.75, 3.05) is 6.54 Å². The number of carbonyl (C=O) groups excluding carboxylic acids is 2. The Balaban J connectivity index is 2.11. The Bertz CT molecular complexity index is 390. The molecule has 0 radical (unpaired) electrons. The van der Waals surface area contributed by atoms with Gasteiger partial charge in [0, 0.05) is 0 Å². The fraction of sp³-hybridized carbons (Fsp3) is 0.250. The van der Waals surface area contributed by atoms with E-state index in [0.717, 1.165) is 4.90 Å².